The summed E-state index contributed by atoms with van der Waals surface area (Å²) in [5.41, 5.74) is 4.23. The van der Waals surface area contributed by atoms with E-state index >= 15 is 0 Å². The molecule has 3 aromatic carbocycles. The number of hydrogen-bond acceptors (Lipinski definition) is 7. The summed E-state index contributed by atoms with van der Waals surface area (Å²) < 4.78 is 15.2. The summed E-state index contributed by atoms with van der Waals surface area (Å²) in [7, 11) is 0. The Labute approximate surface area is 265 Å². The van der Waals surface area contributed by atoms with Crippen LogP contribution in [-0.2, 0) is 0 Å². The lowest BCUT2D eigenvalue weighted by atomic mass is 10.1. The zero-order valence-electron chi connectivity index (χ0n) is 25.4. The zero-order valence-corrected chi connectivity index (χ0v) is 26.2. The Morgan fingerprint density at radius 3 is 2.31 bits per heavy atom. The monoisotopic (exact) mass is 617 g/mol. The van der Waals surface area contributed by atoms with Crippen LogP contribution in [0.2, 0.25) is 0 Å². The third-order valence-electron chi connectivity index (χ3n) is 7.26. The van der Waals surface area contributed by atoms with Gasteiger partial charge in [0.1, 0.15) is 17.2 Å². The van der Waals surface area contributed by atoms with E-state index in [0.29, 0.717) is 28.5 Å². The van der Waals surface area contributed by atoms with Crippen molar-refractivity contribution in [3.05, 3.63) is 117 Å². The zero-order chi connectivity index (χ0) is 31.0. The third-order valence-corrected chi connectivity index (χ3v) is 8.22. The summed E-state index contributed by atoms with van der Waals surface area (Å²) in [6.45, 7) is 5.50. The first-order valence-electron chi connectivity index (χ1n) is 15.3. The molecule has 8 nitrogen and oxygen atoms in total. The summed E-state index contributed by atoms with van der Waals surface area (Å²) in [4.78, 5) is 18.5. The Balaban J connectivity index is 1.28. The van der Waals surface area contributed by atoms with Crippen molar-refractivity contribution >= 4 is 34.5 Å². The second-order valence-electron chi connectivity index (χ2n) is 10.6. The number of benzene rings is 3. The normalized spacial score (nSPS) is 12.0. The summed E-state index contributed by atoms with van der Waals surface area (Å²) in [6.07, 6.45) is 12.2. The molecule has 0 fully saturated rings. The number of fused-ring (bicyclic) bond motifs is 1. The highest BCUT2D eigenvalue weighted by molar-refractivity contribution is 7.15. The maximum absolute atomic E-state index is 13.4. The highest BCUT2D eigenvalue weighted by Crippen LogP contribution is 2.27. The van der Waals surface area contributed by atoms with Gasteiger partial charge in [0.05, 0.1) is 23.4 Å². The Kier molecular flexibility index (Phi) is 9.46. The number of ether oxygens (including phenoxy) is 2. The molecular weight excluding hydrogens is 582 g/mol. The molecule has 0 aliphatic heterocycles. The van der Waals surface area contributed by atoms with Gasteiger partial charge in [0, 0.05) is 17.3 Å². The molecule has 0 aliphatic rings. The first-order chi connectivity index (χ1) is 22.1. The fourth-order valence-electron chi connectivity index (χ4n) is 4.93. The molecule has 0 N–H and O–H groups in total. The van der Waals surface area contributed by atoms with E-state index < -0.39 is 0 Å². The van der Waals surface area contributed by atoms with Crippen LogP contribution in [-0.4, -0.2) is 37.6 Å². The van der Waals surface area contributed by atoms with E-state index in [1.807, 2.05) is 109 Å². The summed E-state index contributed by atoms with van der Waals surface area (Å²) in [5.74, 6) is 2.14. The topological polar surface area (TPSA) is 83.5 Å². The van der Waals surface area contributed by atoms with E-state index in [1.165, 1.54) is 35.1 Å². The fraction of sp³-hybridized carbons (Fsp3) is 0.222. The van der Waals surface area contributed by atoms with Gasteiger partial charge in [0.2, 0.25) is 4.96 Å². The van der Waals surface area contributed by atoms with Crippen molar-refractivity contribution in [1.29, 1.82) is 0 Å². The third kappa shape index (κ3) is 7.21. The first-order valence-corrected chi connectivity index (χ1v) is 16.1. The molecule has 45 heavy (non-hydrogen) atoms. The summed E-state index contributed by atoms with van der Waals surface area (Å²) >= 11 is 1.31. The minimum Gasteiger partial charge on any atom is -0.494 e. The quantitative estimate of drug-likeness (QED) is 0.129. The average Bonchev–Trinajstić information content (AvgIpc) is 3.76. The van der Waals surface area contributed by atoms with E-state index in [0.717, 1.165) is 46.0 Å². The number of hydrogen-bond donors (Lipinski definition) is 0. The van der Waals surface area contributed by atoms with Gasteiger partial charge in [-0.25, -0.2) is 4.68 Å². The van der Waals surface area contributed by atoms with Crippen LogP contribution in [0.3, 0.4) is 0 Å². The lowest BCUT2D eigenvalue weighted by Gasteiger charge is -2.07. The predicted molar refractivity (Wildman–Crippen MR) is 181 cm³/mol. The van der Waals surface area contributed by atoms with Crippen LogP contribution in [0.4, 0.5) is 0 Å². The van der Waals surface area contributed by atoms with Crippen molar-refractivity contribution in [3.8, 4) is 28.4 Å². The van der Waals surface area contributed by atoms with Crippen molar-refractivity contribution in [2.24, 2.45) is 0 Å². The smallest absolute Gasteiger partial charge is 0.291 e. The average molecular weight is 618 g/mol. The predicted octanol–water partition coefficient (Wildman–Crippen LogP) is 7.08. The molecule has 0 atom stereocenters. The van der Waals surface area contributed by atoms with E-state index in [-0.39, 0.29) is 5.56 Å². The number of unbranched alkanes of at least 4 members (excludes halogenated alkanes) is 3. The largest absolute Gasteiger partial charge is 0.494 e. The molecule has 9 heteroatoms. The van der Waals surface area contributed by atoms with E-state index in [2.05, 4.69) is 17.0 Å². The summed E-state index contributed by atoms with van der Waals surface area (Å²) in [6, 6.07) is 25.7. The lowest BCUT2D eigenvalue weighted by molar-refractivity contribution is 0.305. The van der Waals surface area contributed by atoms with Gasteiger partial charge in [-0.1, -0.05) is 73.9 Å². The number of para-hydroxylation sites is 1. The van der Waals surface area contributed by atoms with E-state index in [9.17, 15) is 4.79 Å². The molecule has 6 rings (SSSR count). The standard InChI is InChI=1S/C36H35N5O3S/c1-3-5-6-10-23-44-31-20-16-27(17-21-31)34-28(25-40(39-34)29-11-8-7-9-12-29)24-32-35(42)41-36(45-32)37-33(38-41)22-15-26-13-18-30(19-14-26)43-4-2/h7-9,11-22,24-25H,3-6,10,23H2,1-2H3/b22-15+,32-24-. The Hall–Kier alpha value is -5.02. The van der Waals surface area contributed by atoms with Crippen LogP contribution < -0.4 is 19.6 Å². The number of aromatic nitrogens is 5. The van der Waals surface area contributed by atoms with Gasteiger partial charge < -0.3 is 9.47 Å². The highest BCUT2D eigenvalue weighted by atomic mass is 32.1. The second kappa shape index (κ2) is 14.2. The molecule has 0 bridgehead atoms. The SMILES string of the molecule is CCCCCCOc1ccc(-c2nn(-c3ccccc3)cc2/C=c2\sc3nc(/C=C/c4ccc(OCC)cc4)nn3c2=O)cc1. The molecule has 0 spiro atoms. The molecule has 0 saturated carbocycles. The number of nitrogens with zero attached hydrogens (tertiary/aromatic N) is 5. The maximum Gasteiger partial charge on any atom is 0.291 e. The van der Waals surface area contributed by atoms with Crippen LogP contribution >= 0.6 is 11.3 Å². The Morgan fingerprint density at radius 1 is 0.822 bits per heavy atom. The first kappa shape index (κ1) is 30.0. The van der Waals surface area contributed by atoms with Gasteiger partial charge in [0.25, 0.3) is 5.56 Å². The van der Waals surface area contributed by atoms with Gasteiger partial charge >= 0.3 is 0 Å². The van der Waals surface area contributed by atoms with Gasteiger partial charge in [-0.3, -0.25) is 4.79 Å². The second-order valence-corrected chi connectivity index (χ2v) is 11.6. The molecule has 0 radical (unpaired) electrons. The van der Waals surface area contributed by atoms with Gasteiger partial charge in [-0.15, -0.1) is 5.10 Å². The molecule has 0 amide bonds. The van der Waals surface area contributed by atoms with Crippen LogP contribution in [0.15, 0.2) is 89.9 Å². The van der Waals surface area contributed by atoms with Gasteiger partial charge in [0.15, 0.2) is 5.82 Å². The molecule has 3 aromatic heterocycles. The molecular formula is C36H35N5O3S. The van der Waals surface area contributed by atoms with Gasteiger partial charge in [-0.05, 0) is 79.6 Å². The van der Waals surface area contributed by atoms with Gasteiger partial charge in [-0.2, -0.15) is 14.6 Å². The molecule has 0 aliphatic carbocycles. The Morgan fingerprint density at radius 2 is 1.58 bits per heavy atom. The highest BCUT2D eigenvalue weighted by Gasteiger charge is 2.14. The van der Waals surface area contributed by atoms with Crippen LogP contribution in [0, 0.1) is 0 Å². The number of rotatable bonds is 13. The molecule has 0 saturated heterocycles. The lowest BCUT2D eigenvalue weighted by Crippen LogP contribution is -2.23. The Bertz CT molecular complexity index is 1990. The van der Waals surface area contributed by atoms with Crippen molar-refractivity contribution < 1.29 is 9.47 Å². The van der Waals surface area contributed by atoms with Crippen molar-refractivity contribution in [3.63, 3.8) is 0 Å². The van der Waals surface area contributed by atoms with Crippen LogP contribution in [0.5, 0.6) is 11.5 Å². The maximum atomic E-state index is 13.4. The van der Waals surface area contributed by atoms with Crippen LogP contribution in [0.1, 0.15) is 56.5 Å². The minimum absolute atomic E-state index is 0.214. The fourth-order valence-corrected chi connectivity index (χ4v) is 5.84. The van der Waals surface area contributed by atoms with Crippen LogP contribution in [0.25, 0.3) is 40.1 Å². The molecule has 6 aromatic rings. The van der Waals surface area contributed by atoms with E-state index in [1.54, 1.807) is 6.08 Å². The van der Waals surface area contributed by atoms with Crippen molar-refractivity contribution in [1.82, 2.24) is 24.4 Å². The van der Waals surface area contributed by atoms with Crippen molar-refractivity contribution in [2.75, 3.05) is 13.2 Å². The van der Waals surface area contributed by atoms with Crippen molar-refractivity contribution in [2.45, 2.75) is 39.5 Å². The minimum atomic E-state index is -0.214. The molecule has 0 unspecified atom stereocenters. The molecule has 228 valence electrons. The van der Waals surface area contributed by atoms with E-state index in [4.69, 9.17) is 14.6 Å². The summed E-state index contributed by atoms with van der Waals surface area (Å²) in [5, 5.41) is 9.38. The number of thiazole rings is 1. The molecule has 3 heterocycles.